The fourth-order valence-electron chi connectivity index (χ4n) is 16.6. The number of allylic oxidation sites excluding steroid dienone is 4. The summed E-state index contributed by atoms with van der Waals surface area (Å²) < 4.78 is 6.67. The number of hydrogen-bond donors (Lipinski definition) is 4. The SMILES string of the molecule is CC#C[C@]1(O)CC[C@H]2[C@@H]3CCC4=CC(=O)CCC4=C3C(c3ccc(N(C)CCO[C@H]4CC[C@@]5(C)[C@@H](C4)C[C@@H](O)[C@@H]4[C@@H]5C[C@H](O)[C@]5(C)[C@@H]([C@H](C)CCC(=O)O)CC[C@@H]45)cc3)C[C@@]21C. The van der Waals surface area contributed by atoms with E-state index in [4.69, 9.17) is 4.74 Å². The number of carbonyl (C=O) groups is 2. The first-order chi connectivity index (χ1) is 29.5. The van der Waals surface area contributed by atoms with E-state index in [0.717, 1.165) is 95.7 Å². The zero-order valence-electron chi connectivity index (χ0n) is 38.5. The Morgan fingerprint density at radius 2 is 1.73 bits per heavy atom. The molecule has 8 aliphatic carbocycles. The number of ketones is 1. The molecule has 8 aliphatic rings. The topological polar surface area (TPSA) is 128 Å². The summed E-state index contributed by atoms with van der Waals surface area (Å²) in [6, 6.07) is 9.10. The normalized spacial score (nSPS) is 43.7. The molecular weight excluding hydrogens is 775 g/mol. The average molecular weight is 850 g/mol. The number of fused-ring (bicyclic) bond motifs is 9. The Kier molecular flexibility index (Phi) is 11.8. The molecule has 0 spiro atoms. The number of aliphatic carboxylic acids is 1. The van der Waals surface area contributed by atoms with Gasteiger partial charge in [-0.05, 0) is 190 Å². The molecule has 8 nitrogen and oxygen atoms in total. The molecule has 8 heteroatoms. The number of ether oxygens (including phenoxy) is 1. The fraction of sp³-hybridized carbons (Fsp3) is 0.741. The summed E-state index contributed by atoms with van der Waals surface area (Å²) in [4.78, 5) is 26.2. The number of anilines is 1. The average Bonchev–Trinajstić information content (AvgIpc) is 3.73. The van der Waals surface area contributed by atoms with Crippen molar-refractivity contribution in [3.05, 3.63) is 52.6 Å². The van der Waals surface area contributed by atoms with Gasteiger partial charge in [-0.3, -0.25) is 9.59 Å². The van der Waals surface area contributed by atoms with E-state index in [9.17, 15) is 30.0 Å². The molecule has 9 rings (SSSR count). The van der Waals surface area contributed by atoms with Crippen molar-refractivity contribution in [1.29, 1.82) is 0 Å². The van der Waals surface area contributed by atoms with E-state index in [0.29, 0.717) is 37.2 Å². The highest BCUT2D eigenvalue weighted by atomic mass is 16.5. The van der Waals surface area contributed by atoms with Crippen LogP contribution in [0.25, 0.3) is 0 Å². The van der Waals surface area contributed by atoms with Gasteiger partial charge in [-0.25, -0.2) is 0 Å². The maximum Gasteiger partial charge on any atom is 0.303 e. The van der Waals surface area contributed by atoms with Crippen LogP contribution in [0.1, 0.15) is 149 Å². The molecule has 0 amide bonds. The van der Waals surface area contributed by atoms with Crippen molar-refractivity contribution in [3.8, 4) is 11.8 Å². The van der Waals surface area contributed by atoms with Gasteiger partial charge in [0.1, 0.15) is 5.60 Å². The Labute approximate surface area is 371 Å². The van der Waals surface area contributed by atoms with Crippen molar-refractivity contribution < 1.29 is 34.8 Å². The number of carboxylic acid groups (broad SMARTS) is 1. The van der Waals surface area contributed by atoms with Crippen LogP contribution < -0.4 is 4.90 Å². The number of aliphatic hydroxyl groups excluding tert-OH is 2. The minimum Gasteiger partial charge on any atom is -0.481 e. The van der Waals surface area contributed by atoms with Gasteiger partial charge in [0.2, 0.25) is 0 Å². The predicted octanol–water partition coefficient (Wildman–Crippen LogP) is 9.26. The summed E-state index contributed by atoms with van der Waals surface area (Å²) in [6.45, 7) is 12.4. The number of benzene rings is 1. The zero-order chi connectivity index (χ0) is 43.9. The molecule has 62 heavy (non-hydrogen) atoms. The summed E-state index contributed by atoms with van der Waals surface area (Å²) in [5.41, 5.74) is 5.16. The molecule has 0 bridgehead atoms. The van der Waals surface area contributed by atoms with Gasteiger partial charge in [-0.15, -0.1) is 5.92 Å². The highest BCUT2D eigenvalue weighted by Crippen LogP contribution is 2.69. The predicted molar refractivity (Wildman–Crippen MR) is 242 cm³/mol. The summed E-state index contributed by atoms with van der Waals surface area (Å²) in [6.07, 6.45) is 14.6. The quantitative estimate of drug-likeness (QED) is 0.172. The molecule has 6 fully saturated rings. The first-order valence-corrected chi connectivity index (χ1v) is 24.7. The van der Waals surface area contributed by atoms with Crippen LogP contribution in [0.15, 0.2) is 47.1 Å². The molecule has 0 radical (unpaired) electrons. The number of aliphatic hydroxyl groups is 3. The molecule has 4 N–H and O–H groups in total. The zero-order valence-corrected chi connectivity index (χ0v) is 38.5. The second kappa shape index (κ2) is 16.5. The summed E-state index contributed by atoms with van der Waals surface area (Å²) in [5.74, 6) is 8.46. The highest BCUT2D eigenvalue weighted by molar-refractivity contribution is 5.93. The molecular formula is C54H75NO7. The second-order valence-electron chi connectivity index (χ2n) is 22.6. The largest absolute Gasteiger partial charge is 0.481 e. The smallest absolute Gasteiger partial charge is 0.303 e. The van der Waals surface area contributed by atoms with Crippen molar-refractivity contribution in [2.24, 2.45) is 63.6 Å². The maximum atomic E-state index is 12.5. The van der Waals surface area contributed by atoms with E-state index in [-0.39, 0.29) is 76.2 Å². The van der Waals surface area contributed by atoms with Crippen LogP contribution in [-0.4, -0.2) is 76.3 Å². The van der Waals surface area contributed by atoms with Crippen molar-refractivity contribution >= 4 is 17.4 Å². The number of carbonyl (C=O) groups excluding carboxylic acids is 1. The monoisotopic (exact) mass is 850 g/mol. The van der Waals surface area contributed by atoms with Crippen LogP contribution in [0, 0.1) is 75.4 Å². The lowest BCUT2D eigenvalue weighted by Crippen LogP contribution is -2.62. The number of carboxylic acids is 1. The molecule has 16 atom stereocenters. The third-order valence-corrected chi connectivity index (χ3v) is 20.0. The van der Waals surface area contributed by atoms with E-state index in [1.165, 1.54) is 22.3 Å². The molecule has 1 unspecified atom stereocenters. The molecule has 0 saturated heterocycles. The lowest BCUT2D eigenvalue weighted by molar-refractivity contribution is -0.209. The first kappa shape index (κ1) is 44.3. The molecule has 0 heterocycles. The van der Waals surface area contributed by atoms with Crippen molar-refractivity contribution in [2.45, 2.75) is 167 Å². The third-order valence-electron chi connectivity index (χ3n) is 20.0. The Morgan fingerprint density at radius 1 is 0.952 bits per heavy atom. The van der Waals surface area contributed by atoms with E-state index in [1.807, 2.05) is 13.0 Å². The molecule has 1 aromatic carbocycles. The van der Waals surface area contributed by atoms with E-state index in [1.54, 1.807) is 0 Å². The summed E-state index contributed by atoms with van der Waals surface area (Å²) in [5, 5.41) is 45.4. The Hall–Kier alpha value is -2.96. The van der Waals surface area contributed by atoms with E-state index in [2.05, 4.69) is 75.7 Å². The van der Waals surface area contributed by atoms with Crippen molar-refractivity contribution in [3.63, 3.8) is 0 Å². The molecule has 0 aromatic heterocycles. The Bertz CT molecular complexity index is 2030. The summed E-state index contributed by atoms with van der Waals surface area (Å²) >= 11 is 0. The van der Waals surface area contributed by atoms with Gasteiger partial charge in [0, 0.05) is 43.5 Å². The molecule has 6 saturated carbocycles. The molecule has 1 aromatic rings. The third kappa shape index (κ3) is 7.08. The highest BCUT2D eigenvalue weighted by Gasteiger charge is 2.66. The first-order valence-electron chi connectivity index (χ1n) is 24.7. The van der Waals surface area contributed by atoms with Crippen LogP contribution in [0.3, 0.4) is 0 Å². The standard InChI is InChI=1S/C54H75NO7/c1-7-22-54(61)24-21-43-40-15-11-34-27-37(56)14-16-39(34)49(40)41(31-52(43,54)4)33-9-12-36(13-10-33)55(6)25-26-62-38-20-23-51(3)35(28-38)29-46(57)50-44-18-17-42(32(2)8-19-48(59)60)53(44,5)47(58)30-45(50)51/h9-10,12-13,27,32,35,38,40-47,50,57-58,61H,8,11,14-21,23-26,28-31H2,1-6H3,(H,59,60)/t32-,35+,38+,40+,41?,42-,43+,44+,45+,46-,47+,50+,51+,52+,53-,54+/m1/s1. The second-order valence-corrected chi connectivity index (χ2v) is 22.6. The lowest BCUT2D eigenvalue weighted by Gasteiger charge is -2.63. The number of hydrogen-bond acceptors (Lipinski definition) is 7. The van der Waals surface area contributed by atoms with Gasteiger partial charge >= 0.3 is 5.97 Å². The Morgan fingerprint density at radius 3 is 2.47 bits per heavy atom. The number of nitrogens with zero attached hydrogens (tertiary/aromatic N) is 1. The number of likely N-dealkylation sites (N-methyl/N-ethyl adjacent to an activating group) is 1. The van der Waals surface area contributed by atoms with Crippen molar-refractivity contribution in [2.75, 3.05) is 25.1 Å². The minimum absolute atomic E-state index is 0.0643. The lowest BCUT2D eigenvalue weighted by atomic mass is 9.43. The summed E-state index contributed by atoms with van der Waals surface area (Å²) in [7, 11) is 2.14. The van der Waals surface area contributed by atoms with Gasteiger partial charge in [-0.2, -0.15) is 0 Å². The Balaban J connectivity index is 0.842. The van der Waals surface area contributed by atoms with Gasteiger partial charge in [0.05, 0.1) is 24.9 Å². The fourth-order valence-corrected chi connectivity index (χ4v) is 16.6. The van der Waals surface area contributed by atoms with Crippen LogP contribution in [-0.2, 0) is 14.3 Å². The van der Waals surface area contributed by atoms with E-state index >= 15 is 0 Å². The number of rotatable bonds is 10. The van der Waals surface area contributed by atoms with Crippen molar-refractivity contribution in [1.82, 2.24) is 0 Å². The maximum absolute atomic E-state index is 12.5. The van der Waals surface area contributed by atoms with Gasteiger partial charge < -0.3 is 30.1 Å². The van der Waals surface area contributed by atoms with Crippen LogP contribution in [0.4, 0.5) is 5.69 Å². The van der Waals surface area contributed by atoms with E-state index < -0.39 is 17.7 Å². The van der Waals surface area contributed by atoms with Gasteiger partial charge in [0.15, 0.2) is 5.78 Å². The van der Waals surface area contributed by atoms with Crippen LogP contribution in [0.5, 0.6) is 0 Å². The van der Waals surface area contributed by atoms with Gasteiger partial charge in [0.25, 0.3) is 0 Å². The van der Waals surface area contributed by atoms with Crippen LogP contribution in [0.2, 0.25) is 0 Å². The van der Waals surface area contributed by atoms with Gasteiger partial charge in [-0.1, -0.05) is 51.3 Å². The minimum atomic E-state index is -0.985. The molecule has 338 valence electrons. The van der Waals surface area contributed by atoms with Crippen LogP contribution >= 0.6 is 0 Å². The molecule has 0 aliphatic heterocycles.